The molecule has 4 heteroatoms. The maximum absolute atomic E-state index is 12.8. The van der Waals surface area contributed by atoms with Gasteiger partial charge in [-0.15, -0.1) is 0 Å². The van der Waals surface area contributed by atoms with Gasteiger partial charge >= 0.3 is 5.97 Å². The van der Waals surface area contributed by atoms with Crippen molar-refractivity contribution in [2.24, 2.45) is 0 Å². The first kappa shape index (κ1) is 9.51. The van der Waals surface area contributed by atoms with Gasteiger partial charge in [0, 0.05) is 0 Å². The summed E-state index contributed by atoms with van der Waals surface area (Å²) in [6.07, 6.45) is 0. The molecule has 1 aromatic rings. The zero-order chi connectivity index (χ0) is 10.0. The summed E-state index contributed by atoms with van der Waals surface area (Å²) in [6.45, 7) is 1.59. The first-order chi connectivity index (χ1) is 6.06. The zero-order valence-electron chi connectivity index (χ0n) is 7.30. The highest BCUT2D eigenvalue weighted by molar-refractivity contribution is 5.91. The van der Waals surface area contributed by atoms with Gasteiger partial charge in [0.1, 0.15) is 0 Å². The molecule has 0 heterocycles. The van der Waals surface area contributed by atoms with E-state index < -0.39 is 17.5 Å². The van der Waals surface area contributed by atoms with Crippen molar-refractivity contribution in [2.45, 2.75) is 6.92 Å². The fourth-order valence-corrected chi connectivity index (χ4v) is 0.996. The van der Waals surface area contributed by atoms with Crippen LogP contribution >= 0.6 is 0 Å². The molecule has 13 heavy (non-hydrogen) atoms. The largest absolute Gasteiger partial charge is 0.505 e. The highest BCUT2D eigenvalue weighted by Gasteiger charge is 2.12. The van der Waals surface area contributed by atoms with Gasteiger partial charge in [0.05, 0.1) is 12.7 Å². The summed E-state index contributed by atoms with van der Waals surface area (Å²) in [7, 11) is 1.21. The molecular weight excluding hydrogens is 175 g/mol. The summed E-state index contributed by atoms with van der Waals surface area (Å²) < 4.78 is 17.2. The number of aromatic hydroxyl groups is 1. The molecule has 0 aliphatic rings. The molecule has 0 atom stereocenters. The highest BCUT2D eigenvalue weighted by Crippen LogP contribution is 2.20. The van der Waals surface area contributed by atoms with Crippen molar-refractivity contribution >= 4 is 5.97 Å². The molecular formula is C9H9FO3. The average molecular weight is 184 g/mol. The van der Waals surface area contributed by atoms with E-state index in [-0.39, 0.29) is 5.56 Å². The van der Waals surface area contributed by atoms with Crippen molar-refractivity contribution in [3.63, 3.8) is 0 Å². The number of benzene rings is 1. The Morgan fingerprint density at radius 1 is 1.54 bits per heavy atom. The molecule has 0 saturated carbocycles. The third-order valence-electron chi connectivity index (χ3n) is 1.70. The number of phenolic OH excluding ortho intramolecular Hbond substituents is 1. The second-order valence-electron chi connectivity index (χ2n) is 2.61. The van der Waals surface area contributed by atoms with Crippen LogP contribution in [-0.4, -0.2) is 18.2 Å². The minimum absolute atomic E-state index is 0.123. The number of carbonyl (C=O) groups is 1. The standard InChI is InChI=1S/C9H9FO3/c1-5-3-8(11)7(10)4-6(5)9(12)13-2/h3-4,11H,1-2H3. The Kier molecular flexibility index (Phi) is 2.51. The van der Waals surface area contributed by atoms with Crippen LogP contribution in [0.25, 0.3) is 0 Å². The molecule has 0 spiro atoms. The van der Waals surface area contributed by atoms with E-state index in [1.54, 1.807) is 6.92 Å². The Morgan fingerprint density at radius 2 is 2.15 bits per heavy atom. The lowest BCUT2D eigenvalue weighted by atomic mass is 10.1. The summed E-state index contributed by atoms with van der Waals surface area (Å²) in [4.78, 5) is 11.0. The number of methoxy groups -OCH3 is 1. The summed E-state index contributed by atoms with van der Waals surface area (Å²) in [5.74, 6) is -1.91. The first-order valence-corrected chi connectivity index (χ1v) is 3.63. The minimum atomic E-state index is -0.828. The van der Waals surface area contributed by atoms with Gasteiger partial charge in [-0.25, -0.2) is 9.18 Å². The van der Waals surface area contributed by atoms with Crippen molar-refractivity contribution in [1.82, 2.24) is 0 Å². The number of hydrogen-bond donors (Lipinski definition) is 1. The number of phenols is 1. The van der Waals surface area contributed by atoms with Crippen molar-refractivity contribution in [1.29, 1.82) is 0 Å². The Morgan fingerprint density at radius 3 is 2.69 bits per heavy atom. The van der Waals surface area contributed by atoms with Crippen molar-refractivity contribution in [2.75, 3.05) is 7.11 Å². The van der Waals surface area contributed by atoms with E-state index in [4.69, 9.17) is 5.11 Å². The van der Waals surface area contributed by atoms with Crippen LogP contribution in [0.3, 0.4) is 0 Å². The van der Waals surface area contributed by atoms with Crippen LogP contribution in [0.1, 0.15) is 15.9 Å². The summed E-state index contributed by atoms with van der Waals surface area (Å²) in [5.41, 5.74) is 0.601. The topological polar surface area (TPSA) is 46.5 Å². The predicted octanol–water partition coefficient (Wildman–Crippen LogP) is 1.63. The number of aryl methyl sites for hydroxylation is 1. The molecule has 0 aliphatic carbocycles. The molecule has 0 amide bonds. The van der Waals surface area contributed by atoms with Crippen molar-refractivity contribution in [3.05, 3.63) is 29.1 Å². The van der Waals surface area contributed by atoms with E-state index in [2.05, 4.69) is 4.74 Å². The quantitative estimate of drug-likeness (QED) is 0.674. The fraction of sp³-hybridized carbons (Fsp3) is 0.222. The number of rotatable bonds is 1. The number of esters is 1. The lowest BCUT2D eigenvalue weighted by molar-refractivity contribution is 0.0599. The predicted molar refractivity (Wildman–Crippen MR) is 44.1 cm³/mol. The lowest BCUT2D eigenvalue weighted by Gasteiger charge is -2.04. The van der Waals surface area contributed by atoms with Gasteiger partial charge in [-0.1, -0.05) is 0 Å². The molecule has 0 aliphatic heterocycles. The maximum Gasteiger partial charge on any atom is 0.338 e. The van der Waals surface area contributed by atoms with Crippen LogP contribution in [0.4, 0.5) is 4.39 Å². The molecule has 0 aromatic heterocycles. The molecule has 0 radical (unpaired) electrons. The Hall–Kier alpha value is -1.58. The second-order valence-corrected chi connectivity index (χ2v) is 2.61. The summed E-state index contributed by atoms with van der Waals surface area (Å²) in [6, 6.07) is 2.14. The van der Waals surface area contributed by atoms with Crippen LogP contribution in [0.2, 0.25) is 0 Å². The molecule has 0 fully saturated rings. The van der Waals surface area contributed by atoms with Gasteiger partial charge in [-0.3, -0.25) is 0 Å². The van der Waals surface area contributed by atoms with Crippen molar-refractivity contribution in [3.8, 4) is 5.75 Å². The number of hydrogen-bond acceptors (Lipinski definition) is 3. The smallest absolute Gasteiger partial charge is 0.338 e. The lowest BCUT2D eigenvalue weighted by Crippen LogP contribution is -2.04. The molecule has 1 aromatic carbocycles. The van der Waals surface area contributed by atoms with Gasteiger partial charge in [-0.2, -0.15) is 0 Å². The minimum Gasteiger partial charge on any atom is -0.505 e. The molecule has 0 unspecified atom stereocenters. The van der Waals surface area contributed by atoms with E-state index in [0.29, 0.717) is 5.56 Å². The van der Waals surface area contributed by atoms with Gasteiger partial charge in [0.15, 0.2) is 11.6 Å². The molecule has 1 rings (SSSR count). The van der Waals surface area contributed by atoms with Gasteiger partial charge < -0.3 is 9.84 Å². The third-order valence-corrected chi connectivity index (χ3v) is 1.70. The Labute approximate surface area is 74.8 Å². The van der Waals surface area contributed by atoms with E-state index in [9.17, 15) is 9.18 Å². The molecule has 3 nitrogen and oxygen atoms in total. The average Bonchev–Trinajstić information content (AvgIpc) is 2.10. The molecule has 0 bridgehead atoms. The number of ether oxygens (including phenoxy) is 1. The number of halogens is 1. The zero-order valence-corrected chi connectivity index (χ0v) is 7.30. The van der Waals surface area contributed by atoms with Crippen LogP contribution in [0.15, 0.2) is 12.1 Å². The SMILES string of the molecule is COC(=O)c1cc(F)c(O)cc1C. The van der Waals surface area contributed by atoms with Gasteiger partial charge in [0.25, 0.3) is 0 Å². The van der Waals surface area contributed by atoms with Crippen LogP contribution < -0.4 is 0 Å². The molecule has 1 N–H and O–H groups in total. The van der Waals surface area contributed by atoms with E-state index in [0.717, 1.165) is 6.07 Å². The van der Waals surface area contributed by atoms with Crippen LogP contribution in [0.5, 0.6) is 5.75 Å². The van der Waals surface area contributed by atoms with Gasteiger partial charge in [0.2, 0.25) is 0 Å². The highest BCUT2D eigenvalue weighted by atomic mass is 19.1. The number of carbonyl (C=O) groups excluding carboxylic acids is 1. The van der Waals surface area contributed by atoms with Gasteiger partial charge in [-0.05, 0) is 24.6 Å². The van der Waals surface area contributed by atoms with E-state index in [1.165, 1.54) is 13.2 Å². The summed E-state index contributed by atoms with van der Waals surface area (Å²) in [5, 5.41) is 8.95. The van der Waals surface area contributed by atoms with E-state index >= 15 is 0 Å². The molecule has 0 saturated heterocycles. The first-order valence-electron chi connectivity index (χ1n) is 3.63. The third kappa shape index (κ3) is 1.77. The maximum atomic E-state index is 12.8. The Bertz CT molecular complexity index is 347. The normalized spacial score (nSPS) is 9.77. The monoisotopic (exact) mass is 184 g/mol. The van der Waals surface area contributed by atoms with Crippen LogP contribution in [0, 0.1) is 12.7 Å². The summed E-state index contributed by atoms with van der Waals surface area (Å²) >= 11 is 0. The van der Waals surface area contributed by atoms with Crippen LogP contribution in [-0.2, 0) is 4.74 Å². The van der Waals surface area contributed by atoms with E-state index in [1.807, 2.05) is 0 Å². The molecule has 70 valence electrons. The van der Waals surface area contributed by atoms with Crippen molar-refractivity contribution < 1.29 is 19.0 Å². The Balaban J connectivity index is 3.23. The fourth-order valence-electron chi connectivity index (χ4n) is 0.996. The second kappa shape index (κ2) is 3.43.